The second-order valence-electron chi connectivity index (χ2n) is 4.19. The normalized spacial score (nSPS) is 10.1. The summed E-state index contributed by atoms with van der Waals surface area (Å²) >= 11 is 0. The number of carbonyl (C=O) groups is 2. The Morgan fingerprint density at radius 1 is 1.26 bits per heavy atom. The zero-order chi connectivity index (χ0) is 14.3. The molecule has 104 valence electrons. The van der Waals surface area contributed by atoms with Gasteiger partial charge in [-0.1, -0.05) is 12.1 Å². The van der Waals surface area contributed by atoms with Gasteiger partial charge in [-0.25, -0.2) is 0 Å². The minimum absolute atomic E-state index is 0.00925. The number of hydrogen-bond donors (Lipinski definition) is 3. The fourth-order valence-electron chi connectivity index (χ4n) is 1.37. The fraction of sp³-hybridized carbons (Fsp3) is 0.385. The van der Waals surface area contributed by atoms with E-state index in [0.29, 0.717) is 11.4 Å². The molecule has 4 N–H and O–H groups in total. The van der Waals surface area contributed by atoms with Crippen molar-refractivity contribution in [2.45, 2.75) is 20.0 Å². The number of rotatable bonds is 6. The van der Waals surface area contributed by atoms with Crippen molar-refractivity contribution in [3.63, 3.8) is 0 Å². The van der Waals surface area contributed by atoms with Crippen molar-refractivity contribution < 1.29 is 14.3 Å². The number of para-hydroxylation sites is 2. The third-order valence-electron chi connectivity index (χ3n) is 2.16. The summed E-state index contributed by atoms with van der Waals surface area (Å²) in [5.41, 5.74) is 5.70. The first kappa shape index (κ1) is 15.0. The van der Waals surface area contributed by atoms with E-state index in [-0.39, 0.29) is 31.0 Å². The average molecular weight is 265 g/mol. The van der Waals surface area contributed by atoms with E-state index >= 15 is 0 Å². The highest BCUT2D eigenvalue weighted by Gasteiger charge is 2.09. The Morgan fingerprint density at radius 2 is 1.95 bits per heavy atom. The minimum Gasteiger partial charge on any atom is -0.489 e. The van der Waals surface area contributed by atoms with Crippen molar-refractivity contribution in [3.8, 4) is 5.75 Å². The smallest absolute Gasteiger partial charge is 0.243 e. The van der Waals surface area contributed by atoms with Crippen molar-refractivity contribution >= 4 is 17.5 Å². The molecule has 0 fully saturated rings. The van der Waals surface area contributed by atoms with E-state index in [9.17, 15) is 9.59 Å². The molecule has 0 saturated heterocycles. The highest BCUT2D eigenvalue weighted by molar-refractivity contribution is 5.95. The van der Waals surface area contributed by atoms with E-state index in [0.717, 1.165) is 0 Å². The number of ether oxygens (including phenoxy) is 1. The molecule has 0 unspecified atom stereocenters. The van der Waals surface area contributed by atoms with Gasteiger partial charge in [0.25, 0.3) is 0 Å². The maximum absolute atomic E-state index is 11.6. The molecule has 0 aliphatic rings. The third-order valence-corrected chi connectivity index (χ3v) is 2.16. The van der Waals surface area contributed by atoms with Crippen LogP contribution in [0.15, 0.2) is 24.3 Å². The van der Waals surface area contributed by atoms with Gasteiger partial charge in [-0.05, 0) is 26.0 Å². The number of anilines is 1. The lowest BCUT2D eigenvalue weighted by Crippen LogP contribution is -2.36. The van der Waals surface area contributed by atoms with Gasteiger partial charge in [-0.2, -0.15) is 0 Å². The summed E-state index contributed by atoms with van der Waals surface area (Å²) in [5, 5.41) is 5.07. The molecule has 0 heterocycles. The topological polar surface area (TPSA) is 93.5 Å². The van der Waals surface area contributed by atoms with Crippen LogP contribution in [0.5, 0.6) is 5.75 Å². The molecule has 6 heteroatoms. The molecule has 0 saturated carbocycles. The zero-order valence-electron chi connectivity index (χ0n) is 11.1. The van der Waals surface area contributed by atoms with Crippen LogP contribution in [0.25, 0.3) is 0 Å². The van der Waals surface area contributed by atoms with Crippen molar-refractivity contribution in [1.29, 1.82) is 0 Å². The predicted molar refractivity (Wildman–Crippen MR) is 72.9 cm³/mol. The molecule has 0 aromatic heterocycles. The Morgan fingerprint density at radius 3 is 2.58 bits per heavy atom. The molecule has 1 aromatic carbocycles. The number of hydrogen-bond acceptors (Lipinski definition) is 4. The van der Waals surface area contributed by atoms with Crippen LogP contribution in [-0.2, 0) is 9.59 Å². The Hall–Kier alpha value is -2.08. The van der Waals surface area contributed by atoms with E-state index in [1.165, 1.54) is 0 Å². The second kappa shape index (κ2) is 7.38. The number of nitrogens with one attached hydrogen (secondary N) is 2. The molecule has 19 heavy (non-hydrogen) atoms. The Bertz CT molecular complexity index is 447. The molecule has 1 rings (SSSR count). The quantitative estimate of drug-likeness (QED) is 0.697. The molecule has 0 atom stereocenters. The van der Waals surface area contributed by atoms with Gasteiger partial charge >= 0.3 is 0 Å². The number of carbonyl (C=O) groups excluding carboxylic acids is 2. The van der Waals surface area contributed by atoms with E-state index in [2.05, 4.69) is 10.6 Å². The summed E-state index contributed by atoms with van der Waals surface area (Å²) in [6, 6.07) is 7.12. The molecule has 1 aromatic rings. The first-order valence-electron chi connectivity index (χ1n) is 6.05. The highest BCUT2D eigenvalue weighted by Crippen LogP contribution is 2.24. The van der Waals surface area contributed by atoms with Crippen LogP contribution in [0, 0.1) is 0 Å². The molecule has 0 spiro atoms. The monoisotopic (exact) mass is 265 g/mol. The summed E-state index contributed by atoms with van der Waals surface area (Å²) in [4.78, 5) is 22.6. The molecular formula is C13H19N3O3. The van der Waals surface area contributed by atoms with Crippen molar-refractivity contribution in [2.24, 2.45) is 5.73 Å². The van der Waals surface area contributed by atoms with Gasteiger partial charge in [-0.15, -0.1) is 0 Å². The summed E-state index contributed by atoms with van der Waals surface area (Å²) < 4.78 is 5.57. The molecule has 0 bridgehead atoms. The number of amides is 2. The minimum atomic E-state index is -0.373. The Labute approximate surface area is 112 Å². The number of nitrogens with two attached hydrogens (primary N) is 1. The SMILES string of the molecule is CC(C)Oc1ccccc1NC(=O)CNC(=O)CN. The van der Waals surface area contributed by atoms with Crippen molar-refractivity contribution in [1.82, 2.24) is 5.32 Å². The molecule has 0 aliphatic carbocycles. The van der Waals surface area contributed by atoms with Gasteiger partial charge < -0.3 is 21.1 Å². The van der Waals surface area contributed by atoms with E-state index < -0.39 is 0 Å². The van der Waals surface area contributed by atoms with Crippen molar-refractivity contribution in [2.75, 3.05) is 18.4 Å². The van der Waals surface area contributed by atoms with E-state index in [1.807, 2.05) is 19.9 Å². The third kappa shape index (κ3) is 5.39. The predicted octanol–water partition coefficient (Wildman–Crippen LogP) is 0.487. The van der Waals surface area contributed by atoms with Gasteiger partial charge in [0.05, 0.1) is 24.9 Å². The fourth-order valence-corrected chi connectivity index (χ4v) is 1.37. The Kier molecular flexibility index (Phi) is 5.81. The average Bonchev–Trinajstić information content (AvgIpc) is 2.37. The number of benzene rings is 1. The summed E-state index contributed by atoms with van der Waals surface area (Å²) in [6.45, 7) is 3.55. The van der Waals surface area contributed by atoms with Crippen LogP contribution < -0.4 is 21.1 Å². The lowest BCUT2D eigenvalue weighted by atomic mass is 10.3. The van der Waals surface area contributed by atoms with Crippen LogP contribution in [0.1, 0.15) is 13.8 Å². The Balaban J connectivity index is 2.61. The second-order valence-corrected chi connectivity index (χ2v) is 4.19. The van der Waals surface area contributed by atoms with Crippen LogP contribution in [0.3, 0.4) is 0 Å². The molecule has 2 amide bonds. The van der Waals surface area contributed by atoms with Gasteiger partial charge in [0.1, 0.15) is 5.75 Å². The zero-order valence-corrected chi connectivity index (χ0v) is 11.1. The molecule has 0 radical (unpaired) electrons. The maximum atomic E-state index is 11.6. The standard InChI is InChI=1S/C13H19N3O3/c1-9(2)19-11-6-4-3-5-10(11)16-13(18)8-15-12(17)7-14/h3-6,9H,7-8,14H2,1-2H3,(H,15,17)(H,16,18). The molecule has 0 aliphatic heterocycles. The first-order chi connectivity index (χ1) is 9.02. The molecular weight excluding hydrogens is 246 g/mol. The lowest BCUT2D eigenvalue weighted by Gasteiger charge is -2.14. The van der Waals surface area contributed by atoms with Crippen LogP contribution >= 0.6 is 0 Å². The van der Waals surface area contributed by atoms with Gasteiger partial charge in [0.2, 0.25) is 11.8 Å². The summed E-state index contributed by atoms with van der Waals surface area (Å²) in [6.07, 6.45) is 0.00925. The largest absolute Gasteiger partial charge is 0.489 e. The van der Waals surface area contributed by atoms with Crippen molar-refractivity contribution in [3.05, 3.63) is 24.3 Å². The van der Waals surface area contributed by atoms with Gasteiger partial charge in [0.15, 0.2) is 0 Å². The summed E-state index contributed by atoms with van der Waals surface area (Å²) in [7, 11) is 0. The molecule has 6 nitrogen and oxygen atoms in total. The summed E-state index contributed by atoms with van der Waals surface area (Å²) in [5.74, 6) is -0.112. The van der Waals surface area contributed by atoms with Gasteiger partial charge in [-0.3, -0.25) is 9.59 Å². The van der Waals surface area contributed by atoms with E-state index in [4.69, 9.17) is 10.5 Å². The highest BCUT2D eigenvalue weighted by atomic mass is 16.5. The van der Waals surface area contributed by atoms with E-state index in [1.54, 1.807) is 18.2 Å². The maximum Gasteiger partial charge on any atom is 0.243 e. The van der Waals surface area contributed by atoms with Crippen LogP contribution in [0.2, 0.25) is 0 Å². The van der Waals surface area contributed by atoms with Crippen LogP contribution in [-0.4, -0.2) is 31.0 Å². The first-order valence-corrected chi connectivity index (χ1v) is 6.05. The van der Waals surface area contributed by atoms with Gasteiger partial charge in [0, 0.05) is 0 Å². The van der Waals surface area contributed by atoms with Crippen LogP contribution in [0.4, 0.5) is 5.69 Å². The lowest BCUT2D eigenvalue weighted by molar-refractivity contribution is -0.123.